The van der Waals surface area contributed by atoms with Gasteiger partial charge in [0, 0.05) is 29.8 Å². The number of imidazole rings is 1. The third-order valence-electron chi connectivity index (χ3n) is 4.27. The number of fused-ring (bicyclic) bond motifs is 1. The number of thiazole rings is 2. The van der Waals surface area contributed by atoms with E-state index in [4.69, 9.17) is 0 Å². The van der Waals surface area contributed by atoms with Crippen molar-refractivity contribution in [1.82, 2.24) is 14.4 Å². The fourth-order valence-corrected chi connectivity index (χ4v) is 4.78. The Morgan fingerprint density at radius 2 is 2.12 bits per heavy atom. The lowest BCUT2D eigenvalue weighted by Gasteiger charge is -2.31. The van der Waals surface area contributed by atoms with Gasteiger partial charge in [0.05, 0.1) is 5.01 Å². The summed E-state index contributed by atoms with van der Waals surface area (Å²) in [7, 11) is 0. The third-order valence-corrected chi connectivity index (χ3v) is 6.04. The summed E-state index contributed by atoms with van der Waals surface area (Å²) in [5, 5.41) is 14.6. The van der Waals surface area contributed by atoms with Gasteiger partial charge in [0.1, 0.15) is 6.20 Å². The molecule has 3 aromatic heterocycles. The van der Waals surface area contributed by atoms with Crippen LogP contribution in [0, 0.1) is 10.1 Å². The predicted molar refractivity (Wildman–Crippen MR) is 91.0 cm³/mol. The molecule has 1 aliphatic heterocycles. The molecule has 138 valence electrons. The molecule has 1 atom stereocenters. The van der Waals surface area contributed by atoms with Crippen molar-refractivity contribution >= 4 is 39.3 Å². The molecule has 1 fully saturated rings. The quantitative estimate of drug-likeness (QED) is 0.485. The second-order valence-electron chi connectivity index (χ2n) is 5.93. The molecule has 1 unspecified atom stereocenters. The van der Waals surface area contributed by atoms with Gasteiger partial charge >= 0.3 is 12.0 Å². The fraction of sp³-hybridized carbons (Fsp3) is 0.429. The number of piperidine rings is 1. The topological polar surface area (TPSA) is 76.6 Å². The van der Waals surface area contributed by atoms with Gasteiger partial charge in [-0.1, -0.05) is 11.3 Å². The van der Waals surface area contributed by atoms with Crippen LogP contribution < -0.4 is 4.90 Å². The van der Waals surface area contributed by atoms with E-state index in [-0.39, 0.29) is 17.6 Å². The SMILES string of the molecule is O=[N+]([O-])c1c(N2CCCC(c3nc(C(F)(F)F)cs3)C2)nc2sccn12. The Bertz CT molecular complexity index is 963. The summed E-state index contributed by atoms with van der Waals surface area (Å²) in [6.07, 6.45) is -1.48. The van der Waals surface area contributed by atoms with Crippen molar-refractivity contribution in [1.29, 1.82) is 0 Å². The van der Waals surface area contributed by atoms with E-state index in [2.05, 4.69) is 9.97 Å². The van der Waals surface area contributed by atoms with E-state index in [1.165, 1.54) is 15.7 Å². The van der Waals surface area contributed by atoms with E-state index in [1.807, 2.05) is 0 Å². The van der Waals surface area contributed by atoms with Gasteiger partial charge in [-0.2, -0.15) is 22.6 Å². The Labute approximate surface area is 152 Å². The van der Waals surface area contributed by atoms with Crippen LogP contribution in [0.1, 0.15) is 29.5 Å². The molecule has 0 saturated carbocycles. The van der Waals surface area contributed by atoms with Crippen molar-refractivity contribution in [3.8, 4) is 0 Å². The fourth-order valence-electron chi connectivity index (χ4n) is 3.12. The number of rotatable bonds is 3. The zero-order valence-electron chi connectivity index (χ0n) is 13.1. The van der Waals surface area contributed by atoms with Gasteiger partial charge in [-0.15, -0.1) is 11.3 Å². The first-order valence-electron chi connectivity index (χ1n) is 7.72. The first-order chi connectivity index (χ1) is 12.3. The van der Waals surface area contributed by atoms with Gasteiger partial charge < -0.3 is 15.0 Å². The summed E-state index contributed by atoms with van der Waals surface area (Å²) < 4.78 is 39.8. The zero-order chi connectivity index (χ0) is 18.5. The number of halogens is 3. The standard InChI is InChI=1S/C14H12F3N5O2S2/c15-14(16,17)9-7-26-11(18-9)8-2-1-3-20(6-8)10-12(22(23)24)21-4-5-25-13(21)19-10/h4-5,7-8H,1-3,6H2. The van der Waals surface area contributed by atoms with Crippen molar-refractivity contribution in [2.24, 2.45) is 0 Å². The highest BCUT2D eigenvalue weighted by Gasteiger charge is 2.36. The van der Waals surface area contributed by atoms with E-state index in [1.54, 1.807) is 16.5 Å². The minimum atomic E-state index is -4.46. The molecule has 0 spiro atoms. The molecule has 12 heteroatoms. The highest BCUT2D eigenvalue weighted by Crippen LogP contribution is 2.38. The van der Waals surface area contributed by atoms with Crippen LogP contribution in [0.3, 0.4) is 0 Å². The van der Waals surface area contributed by atoms with E-state index < -0.39 is 16.8 Å². The molecule has 0 amide bonds. The lowest BCUT2D eigenvalue weighted by atomic mass is 9.99. The van der Waals surface area contributed by atoms with Gasteiger partial charge in [0.25, 0.3) is 4.96 Å². The van der Waals surface area contributed by atoms with E-state index >= 15 is 0 Å². The number of hydrogen-bond acceptors (Lipinski definition) is 7. The molecule has 0 aliphatic carbocycles. The molecular weight excluding hydrogens is 391 g/mol. The van der Waals surface area contributed by atoms with Crippen molar-refractivity contribution < 1.29 is 18.1 Å². The minimum Gasteiger partial charge on any atom is -0.358 e. The van der Waals surface area contributed by atoms with Crippen LogP contribution in [0.5, 0.6) is 0 Å². The van der Waals surface area contributed by atoms with E-state index in [9.17, 15) is 23.3 Å². The molecule has 0 aromatic carbocycles. The molecule has 0 N–H and O–H groups in total. The lowest BCUT2D eigenvalue weighted by molar-refractivity contribution is -0.389. The number of anilines is 1. The van der Waals surface area contributed by atoms with Crippen LogP contribution in [0.25, 0.3) is 4.96 Å². The minimum absolute atomic E-state index is 0.114. The Balaban J connectivity index is 1.63. The van der Waals surface area contributed by atoms with Gasteiger partial charge in [-0.3, -0.25) is 0 Å². The molecule has 1 saturated heterocycles. The Morgan fingerprint density at radius 1 is 1.31 bits per heavy atom. The zero-order valence-corrected chi connectivity index (χ0v) is 14.8. The molecule has 26 heavy (non-hydrogen) atoms. The van der Waals surface area contributed by atoms with Crippen LogP contribution in [0.15, 0.2) is 17.0 Å². The van der Waals surface area contributed by atoms with Gasteiger partial charge in [0.15, 0.2) is 5.69 Å². The number of nitro groups is 1. The van der Waals surface area contributed by atoms with Crippen LogP contribution >= 0.6 is 22.7 Å². The summed E-state index contributed by atoms with van der Waals surface area (Å²) >= 11 is 2.27. The second-order valence-corrected chi connectivity index (χ2v) is 7.69. The molecule has 0 bridgehead atoms. The van der Waals surface area contributed by atoms with Crippen molar-refractivity contribution in [3.63, 3.8) is 0 Å². The maximum absolute atomic E-state index is 12.8. The Morgan fingerprint density at radius 3 is 2.81 bits per heavy atom. The smallest absolute Gasteiger partial charge is 0.358 e. The largest absolute Gasteiger partial charge is 0.434 e. The van der Waals surface area contributed by atoms with Gasteiger partial charge in [0.2, 0.25) is 5.82 Å². The number of alkyl halides is 3. The number of nitrogens with zero attached hydrogens (tertiary/aromatic N) is 5. The van der Waals surface area contributed by atoms with Crippen LogP contribution in [-0.4, -0.2) is 32.4 Å². The van der Waals surface area contributed by atoms with Crippen molar-refractivity contribution in [2.75, 3.05) is 18.0 Å². The van der Waals surface area contributed by atoms with Crippen LogP contribution in [0.4, 0.5) is 24.8 Å². The summed E-state index contributed by atoms with van der Waals surface area (Å²) in [4.78, 5) is 21.4. The summed E-state index contributed by atoms with van der Waals surface area (Å²) in [5.41, 5.74) is -0.886. The Hall–Kier alpha value is -2.21. The maximum atomic E-state index is 12.8. The Kier molecular flexibility index (Phi) is 4.10. The van der Waals surface area contributed by atoms with Crippen LogP contribution in [0.2, 0.25) is 0 Å². The molecule has 7 nitrogen and oxygen atoms in total. The lowest BCUT2D eigenvalue weighted by Crippen LogP contribution is -2.35. The predicted octanol–water partition coefficient (Wildman–Crippen LogP) is 4.16. The second kappa shape index (κ2) is 6.20. The average Bonchev–Trinajstić information content (AvgIpc) is 3.29. The van der Waals surface area contributed by atoms with Crippen molar-refractivity contribution in [3.05, 3.63) is 37.8 Å². The summed E-state index contributed by atoms with van der Waals surface area (Å²) in [6.45, 7) is 0.927. The normalized spacial score (nSPS) is 18.6. The average molecular weight is 403 g/mol. The molecule has 1 aliphatic rings. The van der Waals surface area contributed by atoms with E-state index in [0.29, 0.717) is 35.9 Å². The van der Waals surface area contributed by atoms with Crippen molar-refractivity contribution in [2.45, 2.75) is 24.9 Å². The highest BCUT2D eigenvalue weighted by molar-refractivity contribution is 7.15. The molecular formula is C14H12F3N5O2S2. The first kappa shape index (κ1) is 17.2. The van der Waals surface area contributed by atoms with Gasteiger partial charge in [-0.05, 0) is 17.8 Å². The molecule has 3 aromatic rings. The maximum Gasteiger partial charge on any atom is 0.434 e. The summed E-state index contributed by atoms with van der Waals surface area (Å²) in [6, 6.07) is 0. The molecule has 0 radical (unpaired) electrons. The first-order valence-corrected chi connectivity index (χ1v) is 9.48. The highest BCUT2D eigenvalue weighted by atomic mass is 32.1. The third kappa shape index (κ3) is 2.92. The molecule has 4 rings (SSSR count). The molecule has 4 heterocycles. The van der Waals surface area contributed by atoms with E-state index in [0.717, 1.165) is 16.7 Å². The van der Waals surface area contributed by atoms with Gasteiger partial charge in [-0.25, -0.2) is 4.98 Å². The monoisotopic (exact) mass is 403 g/mol. The number of aromatic nitrogens is 3. The summed E-state index contributed by atoms with van der Waals surface area (Å²) in [5.74, 6) is -0.0552. The van der Waals surface area contributed by atoms with Crippen LogP contribution in [-0.2, 0) is 6.18 Å². The number of hydrogen-bond donors (Lipinski definition) is 0.